The lowest BCUT2D eigenvalue weighted by Gasteiger charge is -2.14. The van der Waals surface area contributed by atoms with Gasteiger partial charge in [0.15, 0.2) is 0 Å². The molecule has 0 aromatic rings. The van der Waals surface area contributed by atoms with Gasteiger partial charge in [-0.1, -0.05) is 18.6 Å². The Bertz CT molecular complexity index is 185. The Morgan fingerprint density at radius 3 is 2.54 bits per heavy atom. The zero-order chi connectivity index (χ0) is 9.90. The molecule has 0 amide bonds. The van der Waals surface area contributed by atoms with E-state index in [1.54, 1.807) is 0 Å². The van der Waals surface area contributed by atoms with Crippen LogP contribution in [0.25, 0.3) is 0 Å². The summed E-state index contributed by atoms with van der Waals surface area (Å²) in [5, 5.41) is 9.69. The lowest BCUT2D eigenvalue weighted by atomic mass is 9.97. The molecule has 13 heavy (non-hydrogen) atoms. The quantitative estimate of drug-likeness (QED) is 0.647. The Morgan fingerprint density at radius 1 is 1.46 bits per heavy atom. The first-order valence-corrected chi connectivity index (χ1v) is 5.38. The maximum absolute atomic E-state index is 9.69. The van der Waals surface area contributed by atoms with Crippen LogP contribution in [0.4, 0.5) is 0 Å². The summed E-state index contributed by atoms with van der Waals surface area (Å²) in [6.45, 7) is 6.52. The summed E-state index contributed by atoms with van der Waals surface area (Å²) in [4.78, 5) is 0. The summed E-state index contributed by atoms with van der Waals surface area (Å²) in [5.74, 6) is 0.670. The maximum Gasteiger partial charge on any atom is 0.0652 e. The van der Waals surface area contributed by atoms with Gasteiger partial charge in [-0.25, -0.2) is 0 Å². The minimum atomic E-state index is -0.260. The van der Waals surface area contributed by atoms with Crippen LogP contribution in [0.15, 0.2) is 11.6 Å². The first kappa shape index (κ1) is 10.8. The zero-order valence-electron chi connectivity index (χ0n) is 9.14. The highest BCUT2D eigenvalue weighted by atomic mass is 16.3. The van der Waals surface area contributed by atoms with Crippen molar-refractivity contribution in [1.82, 2.24) is 0 Å². The molecule has 0 radical (unpaired) electrons. The predicted molar refractivity (Wildman–Crippen MR) is 56.6 cm³/mol. The molecule has 0 aromatic heterocycles. The fraction of sp³-hybridized carbons (Fsp3) is 0.833. The average Bonchev–Trinajstić information content (AvgIpc) is 2.66. The molecule has 76 valence electrons. The molecular weight excluding hydrogens is 160 g/mol. The molecule has 1 heteroatoms. The van der Waals surface area contributed by atoms with Crippen LogP contribution in [0, 0.1) is 5.92 Å². The number of hydrogen-bond donors (Lipinski definition) is 1. The Morgan fingerprint density at radius 2 is 2.08 bits per heavy atom. The molecule has 1 aliphatic carbocycles. The Balaban J connectivity index is 2.11. The molecule has 1 N–H and O–H groups in total. The van der Waals surface area contributed by atoms with Crippen LogP contribution in [0.5, 0.6) is 0 Å². The first-order valence-electron chi connectivity index (χ1n) is 5.38. The van der Waals surface area contributed by atoms with Crippen molar-refractivity contribution < 1.29 is 5.11 Å². The molecule has 1 aliphatic rings. The summed E-state index contributed by atoms with van der Waals surface area (Å²) in [7, 11) is 0. The van der Waals surface area contributed by atoms with E-state index in [-0.39, 0.29) is 5.60 Å². The summed E-state index contributed by atoms with van der Waals surface area (Å²) in [6.07, 6.45) is 7.73. The van der Waals surface area contributed by atoms with Crippen molar-refractivity contribution in [2.45, 2.75) is 58.5 Å². The smallest absolute Gasteiger partial charge is 0.0652 e. The molecule has 1 nitrogen and oxygen atoms in total. The van der Waals surface area contributed by atoms with Crippen LogP contribution < -0.4 is 0 Å². The third kappa shape index (κ3) is 4.47. The van der Waals surface area contributed by atoms with Crippen LogP contribution in [-0.4, -0.2) is 10.7 Å². The van der Waals surface area contributed by atoms with Crippen molar-refractivity contribution >= 4 is 0 Å². The van der Waals surface area contributed by atoms with Gasteiger partial charge in [0.2, 0.25) is 0 Å². The Kier molecular flexibility index (Phi) is 3.55. The molecule has 0 aromatic carbocycles. The highest BCUT2D eigenvalue weighted by Gasteiger charge is 2.40. The average molecular weight is 182 g/mol. The molecule has 1 fully saturated rings. The van der Waals surface area contributed by atoms with E-state index >= 15 is 0 Å². The third-order valence-corrected chi connectivity index (χ3v) is 2.77. The Labute approximate surface area is 81.9 Å². The van der Waals surface area contributed by atoms with E-state index < -0.39 is 0 Å². The molecular formula is C12H22O. The van der Waals surface area contributed by atoms with Gasteiger partial charge in [-0.2, -0.15) is 0 Å². The van der Waals surface area contributed by atoms with Crippen molar-refractivity contribution in [2.75, 3.05) is 0 Å². The molecule has 1 rings (SSSR count). The van der Waals surface area contributed by atoms with Crippen molar-refractivity contribution in [2.24, 2.45) is 5.92 Å². The normalized spacial score (nSPS) is 20.9. The molecule has 1 saturated carbocycles. The van der Waals surface area contributed by atoms with Crippen LogP contribution in [0.2, 0.25) is 0 Å². The van der Waals surface area contributed by atoms with E-state index in [9.17, 15) is 5.11 Å². The summed E-state index contributed by atoms with van der Waals surface area (Å²) >= 11 is 0. The number of aliphatic hydroxyl groups is 1. The van der Waals surface area contributed by atoms with E-state index in [0.29, 0.717) is 5.92 Å². The molecule has 0 saturated heterocycles. The van der Waals surface area contributed by atoms with Crippen molar-refractivity contribution in [3.05, 3.63) is 11.6 Å². The molecule has 0 heterocycles. The maximum atomic E-state index is 9.69. The van der Waals surface area contributed by atoms with E-state index in [4.69, 9.17) is 0 Å². The first-order chi connectivity index (χ1) is 6.02. The van der Waals surface area contributed by atoms with Gasteiger partial charge in [-0.3, -0.25) is 0 Å². The fourth-order valence-electron chi connectivity index (χ4n) is 1.76. The van der Waals surface area contributed by atoms with Crippen LogP contribution in [0.3, 0.4) is 0 Å². The SMILES string of the molecule is CC(C)=CCCC(C)CC1(O)CC1. The summed E-state index contributed by atoms with van der Waals surface area (Å²) in [5.41, 5.74) is 1.14. The van der Waals surface area contributed by atoms with Gasteiger partial charge < -0.3 is 5.11 Å². The van der Waals surface area contributed by atoms with Crippen LogP contribution >= 0.6 is 0 Å². The molecule has 1 unspecified atom stereocenters. The zero-order valence-corrected chi connectivity index (χ0v) is 9.14. The second kappa shape index (κ2) is 4.28. The van der Waals surface area contributed by atoms with Gasteiger partial charge in [-0.05, 0) is 51.9 Å². The van der Waals surface area contributed by atoms with Crippen molar-refractivity contribution in [1.29, 1.82) is 0 Å². The topological polar surface area (TPSA) is 20.2 Å². The second-order valence-electron chi connectivity index (χ2n) is 4.89. The molecule has 1 atom stereocenters. The molecule has 0 bridgehead atoms. The second-order valence-corrected chi connectivity index (χ2v) is 4.89. The van der Waals surface area contributed by atoms with Gasteiger partial charge in [0.05, 0.1) is 5.60 Å². The van der Waals surface area contributed by atoms with E-state index in [0.717, 1.165) is 19.3 Å². The van der Waals surface area contributed by atoms with Gasteiger partial charge in [0.1, 0.15) is 0 Å². The van der Waals surface area contributed by atoms with E-state index in [1.807, 2.05) is 0 Å². The predicted octanol–water partition coefficient (Wildman–Crippen LogP) is 3.28. The fourth-order valence-corrected chi connectivity index (χ4v) is 1.76. The van der Waals surface area contributed by atoms with E-state index in [2.05, 4.69) is 26.8 Å². The van der Waals surface area contributed by atoms with Gasteiger partial charge in [0, 0.05) is 0 Å². The Hall–Kier alpha value is -0.300. The third-order valence-electron chi connectivity index (χ3n) is 2.77. The minimum Gasteiger partial charge on any atom is -0.390 e. The largest absolute Gasteiger partial charge is 0.390 e. The highest BCUT2D eigenvalue weighted by molar-refractivity contribution is 4.96. The minimum absolute atomic E-state index is 0.260. The van der Waals surface area contributed by atoms with Crippen molar-refractivity contribution in [3.8, 4) is 0 Å². The molecule has 0 spiro atoms. The number of hydrogen-bond acceptors (Lipinski definition) is 1. The van der Waals surface area contributed by atoms with Gasteiger partial charge in [0.25, 0.3) is 0 Å². The van der Waals surface area contributed by atoms with Crippen LogP contribution in [0.1, 0.15) is 52.9 Å². The number of allylic oxidation sites excluding steroid dienone is 2. The highest BCUT2D eigenvalue weighted by Crippen LogP contribution is 2.41. The lowest BCUT2D eigenvalue weighted by molar-refractivity contribution is 0.119. The summed E-state index contributed by atoms with van der Waals surface area (Å²) < 4.78 is 0. The van der Waals surface area contributed by atoms with Gasteiger partial charge >= 0.3 is 0 Å². The standard InChI is InChI=1S/C12H22O/c1-10(2)5-4-6-11(3)9-12(13)7-8-12/h5,11,13H,4,6-9H2,1-3H3. The molecule has 0 aliphatic heterocycles. The monoisotopic (exact) mass is 182 g/mol. The van der Waals surface area contributed by atoms with E-state index in [1.165, 1.54) is 18.4 Å². The van der Waals surface area contributed by atoms with Crippen LogP contribution in [-0.2, 0) is 0 Å². The van der Waals surface area contributed by atoms with Crippen molar-refractivity contribution in [3.63, 3.8) is 0 Å². The summed E-state index contributed by atoms with van der Waals surface area (Å²) in [6, 6.07) is 0. The number of rotatable bonds is 5. The van der Waals surface area contributed by atoms with Gasteiger partial charge in [-0.15, -0.1) is 0 Å². The lowest BCUT2D eigenvalue weighted by Crippen LogP contribution is -2.11.